The van der Waals surface area contributed by atoms with Gasteiger partial charge < -0.3 is 15.1 Å². The minimum absolute atomic E-state index is 0.0333. The molecule has 2 heterocycles. The third kappa shape index (κ3) is 5.48. The Morgan fingerprint density at radius 3 is 2.14 bits per heavy atom. The first-order valence-electron chi connectivity index (χ1n) is 12.7. The Bertz CT molecular complexity index is 1200. The van der Waals surface area contributed by atoms with Gasteiger partial charge in [-0.05, 0) is 67.1 Å². The summed E-state index contributed by atoms with van der Waals surface area (Å²) in [6, 6.07) is 27.0. The lowest BCUT2D eigenvalue weighted by Gasteiger charge is -2.32. The zero-order chi connectivity index (χ0) is 24.9. The molecule has 2 aliphatic rings. The maximum Gasteiger partial charge on any atom is 0.253 e. The molecule has 6 nitrogen and oxygen atoms in total. The van der Waals surface area contributed by atoms with E-state index in [0.717, 1.165) is 38.0 Å². The van der Waals surface area contributed by atoms with E-state index in [1.165, 1.54) is 5.56 Å². The average Bonchev–Trinajstić information content (AvgIpc) is 3.32. The summed E-state index contributed by atoms with van der Waals surface area (Å²) in [5.41, 5.74) is 3.42. The van der Waals surface area contributed by atoms with E-state index < -0.39 is 5.92 Å². The van der Waals surface area contributed by atoms with E-state index in [-0.39, 0.29) is 24.1 Å². The molecular formula is C30H31N3O3. The van der Waals surface area contributed by atoms with Crippen LogP contribution in [-0.2, 0) is 16.0 Å². The molecule has 0 bridgehead atoms. The predicted octanol–water partition coefficient (Wildman–Crippen LogP) is 4.77. The third-order valence-corrected chi connectivity index (χ3v) is 7.23. The van der Waals surface area contributed by atoms with Crippen molar-refractivity contribution in [3.63, 3.8) is 0 Å². The topological polar surface area (TPSA) is 69.7 Å². The number of rotatable bonds is 6. The number of carbonyl (C=O) groups excluding carboxylic acids is 3. The number of para-hydroxylation sites is 1. The van der Waals surface area contributed by atoms with Gasteiger partial charge in [-0.3, -0.25) is 14.4 Å². The molecule has 0 aromatic heterocycles. The molecule has 1 atom stereocenters. The van der Waals surface area contributed by atoms with Gasteiger partial charge in [0.2, 0.25) is 11.8 Å². The van der Waals surface area contributed by atoms with Gasteiger partial charge in [0.1, 0.15) is 0 Å². The number of benzene rings is 3. The molecule has 3 amide bonds. The van der Waals surface area contributed by atoms with Gasteiger partial charge in [0.15, 0.2) is 0 Å². The molecule has 2 aliphatic heterocycles. The van der Waals surface area contributed by atoms with Gasteiger partial charge in [-0.2, -0.15) is 0 Å². The van der Waals surface area contributed by atoms with Crippen molar-refractivity contribution in [2.45, 2.75) is 25.7 Å². The second-order valence-corrected chi connectivity index (χ2v) is 9.73. The molecule has 6 heteroatoms. The Kier molecular flexibility index (Phi) is 7.12. The van der Waals surface area contributed by atoms with Crippen LogP contribution in [0.3, 0.4) is 0 Å². The van der Waals surface area contributed by atoms with Gasteiger partial charge in [-0.1, -0.05) is 48.5 Å². The minimum Gasteiger partial charge on any atom is -0.339 e. The van der Waals surface area contributed by atoms with Gasteiger partial charge in [0, 0.05) is 43.0 Å². The van der Waals surface area contributed by atoms with Crippen molar-refractivity contribution in [1.82, 2.24) is 4.90 Å². The summed E-state index contributed by atoms with van der Waals surface area (Å²) in [5.74, 6) is 0.00706. The van der Waals surface area contributed by atoms with Crippen LogP contribution < -0.4 is 10.2 Å². The van der Waals surface area contributed by atoms with E-state index in [0.29, 0.717) is 23.7 Å². The standard InChI is InChI=1S/C30H31N3O3/c34-28-20-25(21-33(28)27-9-5-2-6-10-27)29(35)31-26-13-11-24(12-14-26)30(36)32-17-15-23(16-18-32)19-22-7-3-1-4-8-22/h1-14,23,25H,15-21H2,(H,31,35). The number of carbonyl (C=O) groups is 3. The van der Waals surface area contributed by atoms with Crippen LogP contribution in [0.25, 0.3) is 0 Å². The molecule has 3 aromatic rings. The summed E-state index contributed by atoms with van der Waals surface area (Å²) in [6.07, 6.45) is 3.27. The summed E-state index contributed by atoms with van der Waals surface area (Å²) >= 11 is 0. The Hall–Kier alpha value is -3.93. The first kappa shape index (κ1) is 23.8. The van der Waals surface area contributed by atoms with E-state index in [2.05, 4.69) is 29.6 Å². The van der Waals surface area contributed by atoms with Crippen molar-refractivity contribution in [2.75, 3.05) is 29.9 Å². The Labute approximate surface area is 211 Å². The van der Waals surface area contributed by atoms with Crippen molar-refractivity contribution in [1.29, 1.82) is 0 Å². The zero-order valence-corrected chi connectivity index (χ0v) is 20.3. The van der Waals surface area contributed by atoms with Crippen LogP contribution in [0.1, 0.15) is 35.2 Å². The molecule has 36 heavy (non-hydrogen) atoms. The molecule has 0 aliphatic carbocycles. The summed E-state index contributed by atoms with van der Waals surface area (Å²) in [5, 5.41) is 2.91. The van der Waals surface area contributed by atoms with Crippen molar-refractivity contribution < 1.29 is 14.4 Å². The third-order valence-electron chi connectivity index (χ3n) is 7.23. The molecule has 2 fully saturated rings. The van der Waals surface area contributed by atoms with Crippen molar-refractivity contribution >= 4 is 29.1 Å². The molecule has 1 unspecified atom stereocenters. The summed E-state index contributed by atoms with van der Waals surface area (Å²) in [6.45, 7) is 1.90. The molecular weight excluding hydrogens is 450 g/mol. The van der Waals surface area contributed by atoms with E-state index in [1.54, 1.807) is 29.2 Å². The predicted molar refractivity (Wildman–Crippen MR) is 141 cm³/mol. The molecule has 184 valence electrons. The number of amides is 3. The lowest BCUT2D eigenvalue weighted by Crippen LogP contribution is -2.38. The number of likely N-dealkylation sites (tertiary alicyclic amines) is 1. The minimum atomic E-state index is -0.406. The lowest BCUT2D eigenvalue weighted by molar-refractivity contribution is -0.122. The number of hydrogen-bond donors (Lipinski definition) is 1. The smallest absolute Gasteiger partial charge is 0.253 e. The molecule has 5 rings (SSSR count). The van der Waals surface area contributed by atoms with Crippen molar-refractivity contribution in [2.24, 2.45) is 11.8 Å². The van der Waals surface area contributed by atoms with Gasteiger partial charge >= 0.3 is 0 Å². The number of anilines is 2. The van der Waals surface area contributed by atoms with Crippen LogP contribution >= 0.6 is 0 Å². The summed E-state index contributed by atoms with van der Waals surface area (Å²) < 4.78 is 0. The number of nitrogens with zero attached hydrogens (tertiary/aromatic N) is 2. The van der Waals surface area contributed by atoms with Crippen molar-refractivity contribution in [3.8, 4) is 0 Å². The second kappa shape index (κ2) is 10.8. The molecule has 1 N–H and O–H groups in total. The highest BCUT2D eigenvalue weighted by Crippen LogP contribution is 2.26. The Morgan fingerprint density at radius 2 is 1.47 bits per heavy atom. The first-order chi connectivity index (χ1) is 17.6. The average molecular weight is 482 g/mol. The highest BCUT2D eigenvalue weighted by atomic mass is 16.2. The van der Waals surface area contributed by atoms with E-state index in [1.807, 2.05) is 41.3 Å². The Morgan fingerprint density at radius 1 is 0.833 bits per heavy atom. The zero-order valence-electron chi connectivity index (χ0n) is 20.3. The first-order valence-corrected chi connectivity index (χ1v) is 12.7. The van der Waals surface area contributed by atoms with Gasteiger partial charge in [0.25, 0.3) is 5.91 Å². The van der Waals surface area contributed by atoms with Crippen LogP contribution in [-0.4, -0.2) is 42.3 Å². The second-order valence-electron chi connectivity index (χ2n) is 9.73. The lowest BCUT2D eigenvalue weighted by atomic mass is 9.90. The van der Waals surface area contributed by atoms with Crippen LogP contribution in [0.15, 0.2) is 84.9 Å². The largest absolute Gasteiger partial charge is 0.339 e. The number of hydrogen-bond acceptors (Lipinski definition) is 3. The van der Waals surface area contributed by atoms with E-state index in [4.69, 9.17) is 0 Å². The van der Waals surface area contributed by atoms with Crippen LogP contribution in [0.2, 0.25) is 0 Å². The maximum atomic E-state index is 13.0. The normalized spacial score (nSPS) is 18.3. The van der Waals surface area contributed by atoms with Gasteiger partial charge in [-0.25, -0.2) is 0 Å². The summed E-state index contributed by atoms with van der Waals surface area (Å²) in [4.78, 5) is 41.8. The van der Waals surface area contributed by atoms with E-state index >= 15 is 0 Å². The number of piperidine rings is 1. The van der Waals surface area contributed by atoms with Gasteiger partial charge in [-0.15, -0.1) is 0 Å². The monoisotopic (exact) mass is 481 g/mol. The fourth-order valence-electron chi connectivity index (χ4n) is 5.15. The summed E-state index contributed by atoms with van der Waals surface area (Å²) in [7, 11) is 0. The highest BCUT2D eigenvalue weighted by Gasteiger charge is 2.35. The fraction of sp³-hybridized carbons (Fsp3) is 0.300. The Balaban J connectivity index is 1.12. The quantitative estimate of drug-likeness (QED) is 0.551. The fourth-order valence-corrected chi connectivity index (χ4v) is 5.15. The van der Waals surface area contributed by atoms with Gasteiger partial charge in [0.05, 0.1) is 5.92 Å². The number of nitrogens with one attached hydrogen (secondary N) is 1. The highest BCUT2D eigenvalue weighted by molar-refractivity contribution is 6.03. The molecule has 2 saturated heterocycles. The van der Waals surface area contributed by atoms with Crippen LogP contribution in [0.4, 0.5) is 11.4 Å². The maximum absolute atomic E-state index is 13.0. The molecule has 0 spiro atoms. The van der Waals surface area contributed by atoms with Crippen LogP contribution in [0.5, 0.6) is 0 Å². The van der Waals surface area contributed by atoms with E-state index in [9.17, 15) is 14.4 Å². The molecule has 0 saturated carbocycles. The molecule has 3 aromatic carbocycles. The molecule has 0 radical (unpaired) electrons. The van der Waals surface area contributed by atoms with Crippen LogP contribution in [0, 0.1) is 11.8 Å². The SMILES string of the molecule is O=C(Nc1ccc(C(=O)N2CCC(Cc3ccccc3)CC2)cc1)C1CC(=O)N(c2ccccc2)C1. The van der Waals surface area contributed by atoms with Crippen molar-refractivity contribution in [3.05, 3.63) is 96.1 Å².